The maximum absolute atomic E-state index is 10.7. The third-order valence-corrected chi connectivity index (χ3v) is 2.87. The van der Waals surface area contributed by atoms with Gasteiger partial charge in [0.2, 0.25) is 0 Å². The summed E-state index contributed by atoms with van der Waals surface area (Å²) in [4.78, 5) is 10.1. The van der Waals surface area contributed by atoms with Gasteiger partial charge in [0.15, 0.2) is 0 Å². The molecule has 2 rings (SSSR count). The van der Waals surface area contributed by atoms with Crippen molar-refractivity contribution in [1.29, 1.82) is 5.26 Å². The average molecular weight is 247 g/mol. The number of nitrogens with one attached hydrogen (secondary N) is 1. The van der Waals surface area contributed by atoms with Crippen LogP contribution in [0.4, 0.5) is 11.4 Å². The van der Waals surface area contributed by atoms with E-state index >= 15 is 0 Å². The first kappa shape index (κ1) is 12.3. The topological polar surface area (TPSA) is 88.2 Å². The number of hydrogen-bond acceptors (Lipinski definition) is 5. The standard InChI is InChI=1S/C12H13N3O3/c13-7-9-6-10(3-4-12(9)15(16)17)14-8-11-2-1-5-18-11/h3-4,6,11,14H,1-2,5,8H2. The van der Waals surface area contributed by atoms with E-state index < -0.39 is 4.92 Å². The zero-order valence-electron chi connectivity index (χ0n) is 9.76. The Labute approximate surface area is 104 Å². The third-order valence-electron chi connectivity index (χ3n) is 2.87. The van der Waals surface area contributed by atoms with E-state index in [1.54, 1.807) is 6.07 Å². The summed E-state index contributed by atoms with van der Waals surface area (Å²) >= 11 is 0. The van der Waals surface area contributed by atoms with Crippen LogP contribution >= 0.6 is 0 Å². The fraction of sp³-hybridized carbons (Fsp3) is 0.417. The first-order valence-corrected chi connectivity index (χ1v) is 5.74. The van der Waals surface area contributed by atoms with Crippen LogP contribution in [0.2, 0.25) is 0 Å². The van der Waals surface area contributed by atoms with E-state index in [0.29, 0.717) is 12.2 Å². The zero-order valence-corrected chi connectivity index (χ0v) is 9.76. The van der Waals surface area contributed by atoms with Crippen molar-refractivity contribution in [3.05, 3.63) is 33.9 Å². The summed E-state index contributed by atoms with van der Waals surface area (Å²) in [5.74, 6) is 0. The van der Waals surface area contributed by atoms with Crippen LogP contribution in [0.1, 0.15) is 18.4 Å². The zero-order chi connectivity index (χ0) is 13.0. The molecule has 1 aromatic carbocycles. The van der Waals surface area contributed by atoms with Crippen LogP contribution in [0, 0.1) is 21.4 Å². The molecular weight excluding hydrogens is 234 g/mol. The number of nitro benzene ring substituents is 1. The van der Waals surface area contributed by atoms with Gasteiger partial charge in [0.05, 0.1) is 11.0 Å². The number of ether oxygens (including phenoxy) is 1. The monoisotopic (exact) mass is 247 g/mol. The van der Waals surface area contributed by atoms with Crippen molar-refractivity contribution < 1.29 is 9.66 Å². The summed E-state index contributed by atoms with van der Waals surface area (Å²) in [6.07, 6.45) is 2.27. The number of anilines is 1. The van der Waals surface area contributed by atoms with Gasteiger partial charge in [-0.1, -0.05) is 0 Å². The van der Waals surface area contributed by atoms with E-state index in [1.165, 1.54) is 12.1 Å². The van der Waals surface area contributed by atoms with Crippen molar-refractivity contribution >= 4 is 11.4 Å². The molecule has 0 saturated carbocycles. The lowest BCUT2D eigenvalue weighted by atomic mass is 10.1. The van der Waals surface area contributed by atoms with Crippen molar-refractivity contribution in [2.24, 2.45) is 0 Å². The van der Waals surface area contributed by atoms with Gasteiger partial charge in [-0.05, 0) is 25.0 Å². The van der Waals surface area contributed by atoms with E-state index in [4.69, 9.17) is 10.00 Å². The molecule has 6 nitrogen and oxygen atoms in total. The quantitative estimate of drug-likeness (QED) is 0.649. The summed E-state index contributed by atoms with van der Waals surface area (Å²) < 4.78 is 5.46. The number of nitro groups is 1. The summed E-state index contributed by atoms with van der Waals surface area (Å²) in [6, 6.07) is 6.27. The van der Waals surface area contributed by atoms with Gasteiger partial charge in [-0.2, -0.15) is 5.26 Å². The summed E-state index contributed by atoms with van der Waals surface area (Å²) in [5.41, 5.74) is 0.602. The highest BCUT2D eigenvalue weighted by atomic mass is 16.6. The van der Waals surface area contributed by atoms with Crippen molar-refractivity contribution in [3.63, 3.8) is 0 Å². The van der Waals surface area contributed by atoms with Crippen molar-refractivity contribution in [2.45, 2.75) is 18.9 Å². The van der Waals surface area contributed by atoms with Gasteiger partial charge in [-0.15, -0.1) is 0 Å². The van der Waals surface area contributed by atoms with Crippen LogP contribution in [-0.2, 0) is 4.74 Å². The summed E-state index contributed by atoms with van der Waals surface area (Å²) in [7, 11) is 0. The first-order chi connectivity index (χ1) is 8.70. The molecule has 1 N–H and O–H groups in total. The second kappa shape index (κ2) is 5.47. The number of nitrogens with zero attached hydrogens (tertiary/aromatic N) is 2. The van der Waals surface area contributed by atoms with E-state index in [2.05, 4.69) is 5.32 Å². The van der Waals surface area contributed by atoms with E-state index in [9.17, 15) is 10.1 Å². The van der Waals surface area contributed by atoms with Crippen LogP contribution in [0.15, 0.2) is 18.2 Å². The lowest BCUT2D eigenvalue weighted by molar-refractivity contribution is -0.385. The number of rotatable bonds is 4. The molecule has 1 aromatic rings. The minimum atomic E-state index is -0.553. The highest BCUT2D eigenvalue weighted by molar-refractivity contribution is 5.58. The van der Waals surface area contributed by atoms with Gasteiger partial charge in [0.25, 0.3) is 5.69 Å². The Morgan fingerprint density at radius 2 is 2.44 bits per heavy atom. The molecule has 1 atom stereocenters. The SMILES string of the molecule is N#Cc1cc(NCC2CCCO2)ccc1[N+](=O)[O-]. The Morgan fingerprint density at radius 3 is 3.06 bits per heavy atom. The molecule has 1 aliphatic rings. The Bertz CT molecular complexity index is 490. The van der Waals surface area contributed by atoms with Crippen LogP contribution in [0.3, 0.4) is 0 Å². The van der Waals surface area contributed by atoms with Gasteiger partial charge in [-0.25, -0.2) is 0 Å². The molecule has 1 heterocycles. The fourth-order valence-electron chi connectivity index (χ4n) is 1.93. The molecule has 0 aromatic heterocycles. The molecular formula is C12H13N3O3. The van der Waals surface area contributed by atoms with Crippen LogP contribution < -0.4 is 5.32 Å². The minimum absolute atomic E-state index is 0.0670. The Hall–Kier alpha value is -2.13. The smallest absolute Gasteiger partial charge is 0.287 e. The van der Waals surface area contributed by atoms with Gasteiger partial charge in [0, 0.05) is 24.9 Å². The van der Waals surface area contributed by atoms with Crippen LogP contribution in [0.5, 0.6) is 0 Å². The lowest BCUT2D eigenvalue weighted by Gasteiger charge is -2.11. The molecule has 0 spiro atoms. The van der Waals surface area contributed by atoms with Crippen LogP contribution in [0.25, 0.3) is 0 Å². The maximum atomic E-state index is 10.7. The Balaban J connectivity index is 2.05. The van der Waals surface area contributed by atoms with E-state index in [-0.39, 0.29) is 17.4 Å². The molecule has 0 aliphatic carbocycles. The van der Waals surface area contributed by atoms with E-state index in [0.717, 1.165) is 19.4 Å². The predicted molar refractivity (Wildman–Crippen MR) is 65.3 cm³/mol. The molecule has 0 bridgehead atoms. The van der Waals surface area contributed by atoms with Gasteiger partial charge < -0.3 is 10.1 Å². The second-order valence-electron chi connectivity index (χ2n) is 4.12. The van der Waals surface area contributed by atoms with Gasteiger partial charge in [-0.3, -0.25) is 10.1 Å². The average Bonchev–Trinajstić information content (AvgIpc) is 2.88. The molecule has 0 amide bonds. The third kappa shape index (κ3) is 2.76. The highest BCUT2D eigenvalue weighted by Gasteiger charge is 2.16. The van der Waals surface area contributed by atoms with Crippen molar-refractivity contribution in [3.8, 4) is 6.07 Å². The molecule has 94 valence electrons. The fourth-order valence-corrected chi connectivity index (χ4v) is 1.93. The Morgan fingerprint density at radius 1 is 1.61 bits per heavy atom. The summed E-state index contributed by atoms with van der Waals surface area (Å²) in [5, 5.41) is 22.7. The molecule has 18 heavy (non-hydrogen) atoms. The van der Waals surface area contributed by atoms with Crippen LogP contribution in [-0.4, -0.2) is 24.2 Å². The lowest BCUT2D eigenvalue weighted by Crippen LogP contribution is -2.18. The largest absolute Gasteiger partial charge is 0.382 e. The van der Waals surface area contributed by atoms with Crippen molar-refractivity contribution in [1.82, 2.24) is 0 Å². The Kier molecular flexibility index (Phi) is 3.75. The number of benzene rings is 1. The molecule has 0 radical (unpaired) electrons. The van der Waals surface area contributed by atoms with Gasteiger partial charge >= 0.3 is 0 Å². The highest BCUT2D eigenvalue weighted by Crippen LogP contribution is 2.22. The number of nitriles is 1. The van der Waals surface area contributed by atoms with E-state index in [1.807, 2.05) is 6.07 Å². The minimum Gasteiger partial charge on any atom is -0.382 e. The molecule has 1 unspecified atom stereocenters. The maximum Gasteiger partial charge on any atom is 0.287 e. The normalized spacial score (nSPS) is 18.3. The first-order valence-electron chi connectivity index (χ1n) is 5.74. The second-order valence-corrected chi connectivity index (χ2v) is 4.12. The number of hydrogen-bond donors (Lipinski definition) is 1. The molecule has 1 aliphatic heterocycles. The van der Waals surface area contributed by atoms with Gasteiger partial charge in [0.1, 0.15) is 11.6 Å². The predicted octanol–water partition coefficient (Wildman–Crippen LogP) is 2.06. The van der Waals surface area contributed by atoms with Crippen molar-refractivity contribution in [2.75, 3.05) is 18.5 Å². The molecule has 6 heteroatoms. The molecule has 1 fully saturated rings. The molecule has 1 saturated heterocycles. The summed E-state index contributed by atoms with van der Waals surface area (Å²) in [6.45, 7) is 1.44.